The molecule has 2 heterocycles. The van der Waals surface area contributed by atoms with Crippen molar-refractivity contribution in [2.75, 3.05) is 7.05 Å². The standard InChI is InChI=1S/C17H16F3N5O/c1-11-14(9-22-25(11)13-5-3-12(18)4-6-13)16(26)23(2)10-15-21-7-8-24(15)17(19)20/h3-9,17H,10H2,1-2H3. The number of carbonyl (C=O) groups is 1. The molecule has 0 aliphatic heterocycles. The summed E-state index contributed by atoms with van der Waals surface area (Å²) in [7, 11) is 1.50. The number of alkyl halides is 2. The number of imidazole rings is 1. The van der Waals surface area contributed by atoms with Crippen LogP contribution in [0.15, 0.2) is 42.9 Å². The molecule has 136 valence electrons. The fourth-order valence-electron chi connectivity index (χ4n) is 2.60. The first-order valence-electron chi connectivity index (χ1n) is 7.74. The van der Waals surface area contributed by atoms with Gasteiger partial charge in [-0.25, -0.2) is 14.1 Å². The predicted octanol–water partition coefficient (Wildman–Crippen LogP) is 3.18. The zero-order chi connectivity index (χ0) is 18.8. The molecule has 1 aromatic carbocycles. The number of halogens is 3. The number of amides is 1. The van der Waals surface area contributed by atoms with Crippen molar-refractivity contribution < 1.29 is 18.0 Å². The number of benzene rings is 1. The predicted molar refractivity (Wildman–Crippen MR) is 87.5 cm³/mol. The van der Waals surface area contributed by atoms with Crippen LogP contribution in [-0.4, -0.2) is 37.2 Å². The zero-order valence-corrected chi connectivity index (χ0v) is 14.1. The van der Waals surface area contributed by atoms with Gasteiger partial charge in [0.2, 0.25) is 0 Å². The summed E-state index contributed by atoms with van der Waals surface area (Å²) in [5.41, 5.74) is 1.50. The summed E-state index contributed by atoms with van der Waals surface area (Å²) in [6, 6.07) is 5.70. The van der Waals surface area contributed by atoms with E-state index in [1.807, 2.05) is 0 Å². The van der Waals surface area contributed by atoms with Crippen LogP contribution in [0.3, 0.4) is 0 Å². The minimum absolute atomic E-state index is 0.0721. The molecule has 9 heteroatoms. The van der Waals surface area contributed by atoms with Gasteiger partial charge in [0.05, 0.1) is 29.7 Å². The molecule has 0 unspecified atom stereocenters. The first-order chi connectivity index (χ1) is 12.4. The van der Waals surface area contributed by atoms with Gasteiger partial charge < -0.3 is 4.90 Å². The fraction of sp³-hybridized carbons (Fsp3) is 0.235. The van der Waals surface area contributed by atoms with E-state index in [4.69, 9.17) is 0 Å². The molecule has 0 atom stereocenters. The van der Waals surface area contributed by atoms with Crippen molar-refractivity contribution in [3.63, 3.8) is 0 Å². The smallest absolute Gasteiger partial charge is 0.319 e. The van der Waals surface area contributed by atoms with E-state index in [0.29, 0.717) is 21.5 Å². The first kappa shape index (κ1) is 17.7. The number of hydrogen-bond donors (Lipinski definition) is 0. The van der Waals surface area contributed by atoms with Crippen LogP contribution >= 0.6 is 0 Å². The van der Waals surface area contributed by atoms with Crippen LogP contribution in [-0.2, 0) is 6.54 Å². The Labute approximate surface area is 147 Å². The van der Waals surface area contributed by atoms with Gasteiger partial charge in [-0.05, 0) is 31.2 Å². The Kier molecular flexibility index (Phi) is 4.79. The van der Waals surface area contributed by atoms with E-state index >= 15 is 0 Å². The van der Waals surface area contributed by atoms with Gasteiger partial charge in [-0.3, -0.25) is 9.36 Å². The van der Waals surface area contributed by atoms with Crippen LogP contribution in [0.1, 0.15) is 28.4 Å². The third kappa shape index (κ3) is 3.32. The Hall–Kier alpha value is -3.10. The molecule has 0 fully saturated rings. The summed E-state index contributed by atoms with van der Waals surface area (Å²) in [5, 5.41) is 4.17. The Morgan fingerprint density at radius 1 is 1.27 bits per heavy atom. The molecule has 0 spiro atoms. The van der Waals surface area contributed by atoms with Crippen molar-refractivity contribution in [2.45, 2.75) is 20.0 Å². The summed E-state index contributed by atoms with van der Waals surface area (Å²) >= 11 is 0. The molecule has 3 rings (SSSR count). The Balaban J connectivity index is 1.81. The van der Waals surface area contributed by atoms with Gasteiger partial charge in [-0.2, -0.15) is 13.9 Å². The molecule has 0 radical (unpaired) electrons. The molecule has 26 heavy (non-hydrogen) atoms. The van der Waals surface area contributed by atoms with Crippen LogP contribution in [0.25, 0.3) is 5.69 Å². The third-order valence-corrected chi connectivity index (χ3v) is 4.00. The number of nitrogens with zero attached hydrogens (tertiary/aromatic N) is 5. The zero-order valence-electron chi connectivity index (χ0n) is 14.1. The maximum atomic E-state index is 13.1. The van der Waals surface area contributed by atoms with Gasteiger partial charge in [-0.1, -0.05) is 0 Å². The average Bonchev–Trinajstić information content (AvgIpc) is 3.22. The van der Waals surface area contributed by atoms with Crippen LogP contribution in [0, 0.1) is 12.7 Å². The molecule has 3 aromatic rings. The Morgan fingerprint density at radius 2 is 1.96 bits per heavy atom. The van der Waals surface area contributed by atoms with E-state index in [1.54, 1.807) is 19.1 Å². The molecule has 1 amide bonds. The number of hydrogen-bond acceptors (Lipinski definition) is 3. The highest BCUT2D eigenvalue weighted by atomic mass is 19.3. The topological polar surface area (TPSA) is 56.0 Å². The normalized spacial score (nSPS) is 11.2. The van der Waals surface area contributed by atoms with Gasteiger partial charge in [0.15, 0.2) is 0 Å². The second kappa shape index (κ2) is 7.03. The Morgan fingerprint density at radius 3 is 2.62 bits per heavy atom. The highest BCUT2D eigenvalue weighted by Gasteiger charge is 2.21. The molecular weight excluding hydrogens is 347 g/mol. The van der Waals surface area contributed by atoms with Gasteiger partial charge in [0.1, 0.15) is 11.6 Å². The molecule has 2 aromatic heterocycles. The lowest BCUT2D eigenvalue weighted by Crippen LogP contribution is -2.28. The minimum atomic E-state index is -2.72. The van der Waals surface area contributed by atoms with E-state index in [2.05, 4.69) is 10.1 Å². The summed E-state index contributed by atoms with van der Waals surface area (Å²) in [5.74, 6) is -0.664. The summed E-state index contributed by atoms with van der Waals surface area (Å²) in [6.45, 7) is -1.09. The quantitative estimate of drug-likeness (QED) is 0.700. The molecular formula is C17H16F3N5O. The molecule has 0 aliphatic rings. The van der Waals surface area contributed by atoms with Crippen LogP contribution < -0.4 is 0 Å². The van der Waals surface area contributed by atoms with Crippen molar-refractivity contribution in [3.8, 4) is 5.69 Å². The van der Waals surface area contributed by atoms with E-state index in [1.165, 1.54) is 41.2 Å². The van der Waals surface area contributed by atoms with E-state index in [9.17, 15) is 18.0 Å². The van der Waals surface area contributed by atoms with E-state index in [0.717, 1.165) is 6.20 Å². The SMILES string of the molecule is Cc1c(C(=O)N(C)Cc2nccn2C(F)F)cnn1-c1ccc(F)cc1. The van der Waals surface area contributed by atoms with Gasteiger partial charge in [0, 0.05) is 19.4 Å². The second-order valence-corrected chi connectivity index (χ2v) is 5.72. The maximum absolute atomic E-state index is 13.1. The number of aromatic nitrogens is 4. The molecule has 0 bridgehead atoms. The van der Waals surface area contributed by atoms with Crippen LogP contribution in [0.5, 0.6) is 0 Å². The number of rotatable bonds is 5. The lowest BCUT2D eigenvalue weighted by molar-refractivity contribution is 0.0612. The fourth-order valence-corrected chi connectivity index (χ4v) is 2.60. The first-order valence-corrected chi connectivity index (χ1v) is 7.74. The molecule has 0 saturated carbocycles. The van der Waals surface area contributed by atoms with Crippen molar-refractivity contribution in [2.24, 2.45) is 0 Å². The Bertz CT molecular complexity index is 917. The van der Waals surface area contributed by atoms with Crippen LogP contribution in [0.2, 0.25) is 0 Å². The largest absolute Gasteiger partial charge is 0.334 e. The maximum Gasteiger partial charge on any atom is 0.319 e. The molecule has 0 saturated heterocycles. The summed E-state index contributed by atoms with van der Waals surface area (Å²) in [4.78, 5) is 17.8. The summed E-state index contributed by atoms with van der Waals surface area (Å²) in [6.07, 6.45) is 3.82. The molecule has 6 nitrogen and oxygen atoms in total. The van der Waals surface area contributed by atoms with Crippen molar-refractivity contribution in [1.29, 1.82) is 0 Å². The lowest BCUT2D eigenvalue weighted by Gasteiger charge is -2.17. The van der Waals surface area contributed by atoms with Gasteiger partial charge >= 0.3 is 6.55 Å². The second-order valence-electron chi connectivity index (χ2n) is 5.72. The van der Waals surface area contributed by atoms with Crippen molar-refractivity contribution in [1.82, 2.24) is 24.2 Å². The van der Waals surface area contributed by atoms with E-state index in [-0.39, 0.29) is 24.1 Å². The van der Waals surface area contributed by atoms with E-state index < -0.39 is 6.55 Å². The van der Waals surface area contributed by atoms with Crippen molar-refractivity contribution in [3.05, 3.63) is 65.8 Å². The monoisotopic (exact) mass is 363 g/mol. The third-order valence-electron chi connectivity index (χ3n) is 4.00. The molecule has 0 aliphatic carbocycles. The van der Waals surface area contributed by atoms with Crippen LogP contribution in [0.4, 0.5) is 13.2 Å². The van der Waals surface area contributed by atoms with Crippen molar-refractivity contribution >= 4 is 5.91 Å². The average molecular weight is 363 g/mol. The molecule has 0 N–H and O–H groups in total. The summed E-state index contributed by atoms with van der Waals surface area (Å²) < 4.78 is 41.1. The van der Waals surface area contributed by atoms with Gasteiger partial charge in [0.25, 0.3) is 5.91 Å². The highest BCUT2D eigenvalue weighted by molar-refractivity contribution is 5.95. The lowest BCUT2D eigenvalue weighted by atomic mass is 10.2. The van der Waals surface area contributed by atoms with Gasteiger partial charge in [-0.15, -0.1) is 0 Å². The number of carbonyl (C=O) groups excluding carboxylic acids is 1. The highest BCUT2D eigenvalue weighted by Crippen LogP contribution is 2.18. The minimum Gasteiger partial charge on any atom is -0.334 e.